The summed E-state index contributed by atoms with van der Waals surface area (Å²) < 4.78 is 6.66. The summed E-state index contributed by atoms with van der Waals surface area (Å²) in [5.41, 5.74) is 3.07. The van der Waals surface area contributed by atoms with Gasteiger partial charge in [-0.25, -0.2) is 4.79 Å². The SMILES string of the molecule is Cc1cccc(OCCNC(=O)Nc2ccc(Br)cc2)c1C. The highest BCUT2D eigenvalue weighted by molar-refractivity contribution is 9.10. The van der Waals surface area contributed by atoms with Gasteiger partial charge in [-0.15, -0.1) is 0 Å². The molecule has 116 valence electrons. The number of carbonyl (C=O) groups excluding carboxylic acids is 1. The van der Waals surface area contributed by atoms with Crippen molar-refractivity contribution in [2.24, 2.45) is 0 Å². The number of ether oxygens (including phenoxy) is 1. The molecule has 2 rings (SSSR count). The van der Waals surface area contributed by atoms with Gasteiger partial charge in [0.05, 0.1) is 6.54 Å². The standard InChI is InChI=1S/C17H19BrN2O2/c1-12-4-3-5-16(13(12)2)22-11-10-19-17(21)20-15-8-6-14(18)7-9-15/h3-9H,10-11H2,1-2H3,(H2,19,20,21). The number of aryl methyl sites for hydroxylation is 1. The van der Waals surface area contributed by atoms with Crippen molar-refractivity contribution in [1.82, 2.24) is 5.32 Å². The number of halogens is 1. The Balaban J connectivity index is 1.73. The van der Waals surface area contributed by atoms with Crippen molar-refractivity contribution in [2.45, 2.75) is 13.8 Å². The van der Waals surface area contributed by atoms with Gasteiger partial charge in [0.1, 0.15) is 12.4 Å². The molecule has 0 aliphatic carbocycles. The molecule has 0 saturated carbocycles. The second kappa shape index (κ2) is 7.84. The van der Waals surface area contributed by atoms with Gasteiger partial charge in [0, 0.05) is 10.2 Å². The van der Waals surface area contributed by atoms with Crippen molar-refractivity contribution in [1.29, 1.82) is 0 Å². The van der Waals surface area contributed by atoms with E-state index in [-0.39, 0.29) is 6.03 Å². The van der Waals surface area contributed by atoms with Crippen LogP contribution in [0.2, 0.25) is 0 Å². The number of urea groups is 1. The monoisotopic (exact) mass is 362 g/mol. The lowest BCUT2D eigenvalue weighted by atomic mass is 10.1. The second-order valence-electron chi connectivity index (χ2n) is 4.93. The van der Waals surface area contributed by atoms with Gasteiger partial charge in [0.2, 0.25) is 0 Å². The number of rotatable bonds is 5. The van der Waals surface area contributed by atoms with E-state index in [0.717, 1.165) is 21.5 Å². The van der Waals surface area contributed by atoms with Crippen LogP contribution in [0.4, 0.5) is 10.5 Å². The van der Waals surface area contributed by atoms with Crippen LogP contribution in [0.3, 0.4) is 0 Å². The van der Waals surface area contributed by atoms with Crippen LogP contribution in [0.15, 0.2) is 46.9 Å². The molecule has 0 unspecified atom stereocenters. The maximum atomic E-state index is 11.7. The molecule has 0 heterocycles. The zero-order chi connectivity index (χ0) is 15.9. The van der Waals surface area contributed by atoms with Gasteiger partial charge < -0.3 is 15.4 Å². The smallest absolute Gasteiger partial charge is 0.319 e. The largest absolute Gasteiger partial charge is 0.491 e. The molecule has 0 bridgehead atoms. The van der Waals surface area contributed by atoms with Crippen LogP contribution in [-0.2, 0) is 0 Å². The van der Waals surface area contributed by atoms with Crippen LogP contribution in [0, 0.1) is 13.8 Å². The first-order chi connectivity index (χ1) is 10.6. The van der Waals surface area contributed by atoms with Crippen molar-refractivity contribution in [2.75, 3.05) is 18.5 Å². The molecule has 0 saturated heterocycles. The summed E-state index contributed by atoms with van der Waals surface area (Å²) in [5.74, 6) is 0.857. The average molecular weight is 363 g/mol. The number of nitrogens with one attached hydrogen (secondary N) is 2. The van der Waals surface area contributed by atoms with Gasteiger partial charge in [-0.05, 0) is 55.3 Å². The van der Waals surface area contributed by atoms with E-state index in [9.17, 15) is 4.79 Å². The fourth-order valence-corrected chi connectivity index (χ4v) is 2.18. The molecular weight excluding hydrogens is 344 g/mol. The minimum absolute atomic E-state index is 0.244. The van der Waals surface area contributed by atoms with E-state index in [2.05, 4.69) is 26.6 Å². The van der Waals surface area contributed by atoms with Crippen molar-refractivity contribution in [3.05, 3.63) is 58.1 Å². The van der Waals surface area contributed by atoms with Gasteiger partial charge in [-0.3, -0.25) is 0 Å². The van der Waals surface area contributed by atoms with Crippen molar-refractivity contribution in [3.63, 3.8) is 0 Å². The summed E-state index contributed by atoms with van der Waals surface area (Å²) in [6.07, 6.45) is 0. The highest BCUT2D eigenvalue weighted by atomic mass is 79.9. The van der Waals surface area contributed by atoms with E-state index in [1.54, 1.807) is 0 Å². The minimum atomic E-state index is -0.244. The number of hydrogen-bond donors (Lipinski definition) is 2. The first-order valence-corrected chi connectivity index (χ1v) is 7.85. The van der Waals surface area contributed by atoms with E-state index in [4.69, 9.17) is 4.74 Å². The Morgan fingerprint density at radius 2 is 1.86 bits per heavy atom. The third-order valence-corrected chi connectivity index (χ3v) is 3.83. The Morgan fingerprint density at radius 3 is 2.59 bits per heavy atom. The Labute approximate surface area is 139 Å². The van der Waals surface area contributed by atoms with Crippen LogP contribution in [-0.4, -0.2) is 19.2 Å². The Bertz CT molecular complexity index is 642. The van der Waals surface area contributed by atoms with Crippen molar-refractivity contribution < 1.29 is 9.53 Å². The van der Waals surface area contributed by atoms with E-state index >= 15 is 0 Å². The molecular formula is C17H19BrN2O2. The summed E-state index contributed by atoms with van der Waals surface area (Å²) in [6, 6.07) is 13.1. The van der Waals surface area contributed by atoms with E-state index in [1.165, 1.54) is 5.56 Å². The van der Waals surface area contributed by atoms with Gasteiger partial charge >= 0.3 is 6.03 Å². The molecule has 2 N–H and O–H groups in total. The summed E-state index contributed by atoms with van der Waals surface area (Å²) in [5, 5.41) is 5.53. The fraction of sp³-hybridized carbons (Fsp3) is 0.235. The number of anilines is 1. The lowest BCUT2D eigenvalue weighted by Crippen LogP contribution is -2.32. The maximum absolute atomic E-state index is 11.7. The van der Waals surface area contributed by atoms with Crippen LogP contribution in [0.25, 0.3) is 0 Å². The maximum Gasteiger partial charge on any atom is 0.319 e. The highest BCUT2D eigenvalue weighted by Crippen LogP contribution is 2.20. The van der Waals surface area contributed by atoms with Gasteiger partial charge in [-0.2, -0.15) is 0 Å². The summed E-state index contributed by atoms with van der Waals surface area (Å²) >= 11 is 3.35. The normalized spacial score (nSPS) is 10.1. The fourth-order valence-electron chi connectivity index (χ4n) is 1.91. The zero-order valence-electron chi connectivity index (χ0n) is 12.7. The van der Waals surface area contributed by atoms with Crippen LogP contribution in [0.5, 0.6) is 5.75 Å². The molecule has 0 aromatic heterocycles. The van der Waals surface area contributed by atoms with Gasteiger partial charge in [-0.1, -0.05) is 28.1 Å². The Morgan fingerprint density at radius 1 is 1.14 bits per heavy atom. The van der Waals surface area contributed by atoms with Crippen LogP contribution >= 0.6 is 15.9 Å². The second-order valence-corrected chi connectivity index (χ2v) is 5.85. The van der Waals surface area contributed by atoms with Crippen LogP contribution in [0.1, 0.15) is 11.1 Å². The molecule has 0 spiro atoms. The summed E-state index contributed by atoms with van der Waals surface area (Å²) in [4.78, 5) is 11.7. The molecule has 0 radical (unpaired) electrons. The molecule has 0 atom stereocenters. The van der Waals surface area contributed by atoms with E-state index in [0.29, 0.717) is 13.2 Å². The Hall–Kier alpha value is -2.01. The molecule has 0 aliphatic rings. The third-order valence-electron chi connectivity index (χ3n) is 3.30. The average Bonchev–Trinajstić information content (AvgIpc) is 2.50. The topological polar surface area (TPSA) is 50.4 Å². The summed E-state index contributed by atoms with van der Waals surface area (Å²) in [7, 11) is 0. The number of carbonyl (C=O) groups is 1. The lowest BCUT2D eigenvalue weighted by molar-refractivity contribution is 0.247. The molecule has 4 nitrogen and oxygen atoms in total. The quantitative estimate of drug-likeness (QED) is 0.780. The first-order valence-electron chi connectivity index (χ1n) is 7.05. The molecule has 0 aliphatic heterocycles. The van der Waals surface area contributed by atoms with Crippen molar-refractivity contribution >= 4 is 27.6 Å². The predicted molar refractivity (Wildman–Crippen MR) is 92.6 cm³/mol. The Kier molecular flexibility index (Phi) is 5.83. The number of amides is 2. The molecule has 5 heteroatoms. The number of benzene rings is 2. The van der Waals surface area contributed by atoms with E-state index in [1.807, 2.05) is 56.3 Å². The molecule has 2 aromatic rings. The van der Waals surface area contributed by atoms with E-state index < -0.39 is 0 Å². The van der Waals surface area contributed by atoms with Crippen molar-refractivity contribution in [3.8, 4) is 5.75 Å². The van der Waals surface area contributed by atoms with Gasteiger partial charge in [0.15, 0.2) is 0 Å². The molecule has 2 amide bonds. The van der Waals surface area contributed by atoms with Gasteiger partial charge in [0.25, 0.3) is 0 Å². The minimum Gasteiger partial charge on any atom is -0.491 e. The first kappa shape index (κ1) is 16.4. The molecule has 22 heavy (non-hydrogen) atoms. The third kappa shape index (κ3) is 4.77. The number of hydrogen-bond acceptors (Lipinski definition) is 2. The molecule has 2 aromatic carbocycles. The molecule has 0 fully saturated rings. The predicted octanol–water partition coefficient (Wildman–Crippen LogP) is 4.27. The van der Waals surface area contributed by atoms with Crippen LogP contribution < -0.4 is 15.4 Å². The highest BCUT2D eigenvalue weighted by Gasteiger charge is 2.03. The zero-order valence-corrected chi connectivity index (χ0v) is 14.2. The lowest BCUT2D eigenvalue weighted by Gasteiger charge is -2.12. The summed E-state index contributed by atoms with van der Waals surface area (Å²) in [6.45, 7) is 4.94.